The number of nitrogens with zero attached hydrogens (tertiary/aromatic N) is 4. The van der Waals surface area contributed by atoms with Gasteiger partial charge in [0.15, 0.2) is 5.78 Å². The molecular formula is C23H18Br2N4O8. The minimum Gasteiger partial charge on any atom is -0.292 e. The van der Waals surface area contributed by atoms with Crippen LogP contribution in [0.5, 0.6) is 0 Å². The second-order valence-electron chi connectivity index (χ2n) is 8.60. The molecule has 192 valence electrons. The number of amides is 3. The Labute approximate surface area is 226 Å². The summed E-state index contributed by atoms with van der Waals surface area (Å²) < 4.78 is 0. The van der Waals surface area contributed by atoms with Crippen LogP contribution >= 0.6 is 31.9 Å². The van der Waals surface area contributed by atoms with E-state index in [1.165, 1.54) is 18.2 Å². The van der Waals surface area contributed by atoms with E-state index in [9.17, 15) is 39.4 Å². The Bertz CT molecular complexity index is 1290. The second-order valence-corrected chi connectivity index (χ2v) is 11.0. The molecule has 1 saturated heterocycles. The number of benzene rings is 2. The van der Waals surface area contributed by atoms with Gasteiger partial charge in [-0.2, -0.15) is 5.01 Å². The van der Waals surface area contributed by atoms with Crippen molar-refractivity contribution in [3.63, 3.8) is 0 Å². The highest BCUT2D eigenvalue weighted by molar-refractivity contribution is 9.12. The summed E-state index contributed by atoms with van der Waals surface area (Å²) in [6.07, 6.45) is 0.667. The van der Waals surface area contributed by atoms with Crippen LogP contribution < -0.4 is 0 Å². The van der Waals surface area contributed by atoms with Gasteiger partial charge < -0.3 is 0 Å². The molecule has 2 fully saturated rings. The number of imide groups is 1. The van der Waals surface area contributed by atoms with Crippen molar-refractivity contribution in [1.82, 2.24) is 10.0 Å². The predicted octanol–water partition coefficient (Wildman–Crippen LogP) is 3.67. The Morgan fingerprint density at radius 3 is 1.92 bits per heavy atom. The van der Waals surface area contributed by atoms with Crippen molar-refractivity contribution < 1.29 is 29.0 Å². The van der Waals surface area contributed by atoms with Gasteiger partial charge in [-0.15, -0.1) is 0 Å². The van der Waals surface area contributed by atoms with Crippen LogP contribution in [0.1, 0.15) is 33.6 Å². The van der Waals surface area contributed by atoms with Gasteiger partial charge in [0.25, 0.3) is 29.1 Å². The molecule has 2 aromatic carbocycles. The fraction of sp³-hybridized carbons (Fsp3) is 0.304. The number of hydrogen-bond acceptors (Lipinski definition) is 8. The normalized spacial score (nSPS) is 22.9. The third-order valence-electron chi connectivity index (χ3n) is 6.36. The minimum atomic E-state index is -0.903. The number of carbonyl (C=O) groups excluding carboxylic acids is 4. The quantitative estimate of drug-likeness (QED) is 0.146. The molecule has 1 aliphatic heterocycles. The van der Waals surface area contributed by atoms with E-state index in [-0.39, 0.29) is 32.2 Å². The molecule has 0 unspecified atom stereocenters. The average molecular weight is 638 g/mol. The van der Waals surface area contributed by atoms with Crippen molar-refractivity contribution in [2.24, 2.45) is 11.8 Å². The number of halogens is 2. The van der Waals surface area contributed by atoms with Crippen molar-refractivity contribution in [2.45, 2.75) is 22.5 Å². The monoisotopic (exact) mass is 636 g/mol. The van der Waals surface area contributed by atoms with Gasteiger partial charge in [0.2, 0.25) is 0 Å². The zero-order chi connectivity index (χ0) is 27.0. The molecule has 12 nitrogen and oxygen atoms in total. The van der Waals surface area contributed by atoms with Crippen LogP contribution in [-0.2, 0) is 9.59 Å². The van der Waals surface area contributed by atoms with E-state index in [4.69, 9.17) is 0 Å². The van der Waals surface area contributed by atoms with Gasteiger partial charge >= 0.3 is 0 Å². The highest BCUT2D eigenvalue weighted by Crippen LogP contribution is 2.43. The number of rotatable bonds is 7. The molecule has 1 aliphatic carbocycles. The molecule has 2 aliphatic rings. The zero-order valence-electron chi connectivity index (χ0n) is 18.9. The van der Waals surface area contributed by atoms with E-state index in [0.717, 1.165) is 35.3 Å². The first kappa shape index (κ1) is 26.5. The third kappa shape index (κ3) is 5.16. The summed E-state index contributed by atoms with van der Waals surface area (Å²) in [5.41, 5.74) is -0.801. The van der Waals surface area contributed by atoms with Crippen LogP contribution in [0.15, 0.2) is 48.5 Å². The summed E-state index contributed by atoms with van der Waals surface area (Å²) in [6.45, 7) is -0.761. The van der Waals surface area contributed by atoms with Crippen molar-refractivity contribution in [3.8, 4) is 0 Å². The van der Waals surface area contributed by atoms with E-state index in [2.05, 4.69) is 31.9 Å². The molecule has 3 amide bonds. The summed E-state index contributed by atoms with van der Waals surface area (Å²) in [4.78, 5) is 74.0. The van der Waals surface area contributed by atoms with Crippen LogP contribution in [0.4, 0.5) is 11.4 Å². The largest absolute Gasteiger partial charge is 0.292 e. The fourth-order valence-corrected chi connectivity index (χ4v) is 5.68. The second kappa shape index (κ2) is 10.5. The first-order valence-corrected chi connectivity index (χ1v) is 12.8. The van der Waals surface area contributed by atoms with Gasteiger partial charge in [-0.05, 0) is 25.0 Å². The maximum Gasteiger partial charge on any atom is 0.273 e. The molecule has 0 spiro atoms. The molecule has 0 N–H and O–H groups in total. The van der Waals surface area contributed by atoms with E-state index < -0.39 is 51.7 Å². The number of nitro benzene ring substituents is 2. The summed E-state index contributed by atoms with van der Waals surface area (Å²) in [7, 11) is 0. The number of ketones is 1. The summed E-state index contributed by atoms with van der Waals surface area (Å²) >= 11 is 6.99. The predicted molar refractivity (Wildman–Crippen MR) is 135 cm³/mol. The van der Waals surface area contributed by atoms with E-state index in [1.807, 2.05) is 0 Å². The lowest BCUT2D eigenvalue weighted by Crippen LogP contribution is -2.52. The lowest BCUT2D eigenvalue weighted by atomic mass is 9.81. The van der Waals surface area contributed by atoms with E-state index in [0.29, 0.717) is 17.9 Å². The summed E-state index contributed by atoms with van der Waals surface area (Å²) in [5.74, 6) is -4.33. The molecular weight excluding hydrogens is 620 g/mol. The van der Waals surface area contributed by atoms with Gasteiger partial charge in [-0.25, -0.2) is 5.01 Å². The number of fused-ring (bicyclic) bond motifs is 1. The van der Waals surface area contributed by atoms with Gasteiger partial charge in [-0.3, -0.25) is 39.4 Å². The molecule has 4 atom stereocenters. The van der Waals surface area contributed by atoms with Crippen molar-refractivity contribution in [2.75, 3.05) is 6.54 Å². The number of non-ortho nitro benzene ring substituents is 2. The lowest BCUT2D eigenvalue weighted by Gasteiger charge is -2.30. The number of alkyl halides is 2. The minimum absolute atomic E-state index is 0.0872. The maximum absolute atomic E-state index is 13.5. The number of hydrogen-bond donors (Lipinski definition) is 0. The van der Waals surface area contributed by atoms with Gasteiger partial charge in [0.1, 0.15) is 6.54 Å². The molecule has 0 bridgehead atoms. The molecule has 2 aromatic rings. The van der Waals surface area contributed by atoms with Crippen LogP contribution in [0.25, 0.3) is 0 Å². The molecule has 0 radical (unpaired) electrons. The standard InChI is InChI=1S/C23H18Br2N4O8/c24-18-9-16-17(10-19(18)25)23(33)27(22(16)32)26(21(31)12-4-6-14(7-5-12)28(34)35)11-20(30)13-2-1-3-15(8-13)29(36)37/h1-8,16-19H,9-11H2/t16-,17+,18+,19-. The average Bonchev–Trinajstić information content (AvgIpc) is 3.11. The summed E-state index contributed by atoms with van der Waals surface area (Å²) in [6, 6.07) is 9.36. The number of nitro groups is 2. The topological polar surface area (TPSA) is 161 Å². The molecule has 4 rings (SSSR count). The van der Waals surface area contributed by atoms with E-state index >= 15 is 0 Å². The maximum atomic E-state index is 13.5. The van der Waals surface area contributed by atoms with Crippen molar-refractivity contribution in [1.29, 1.82) is 0 Å². The van der Waals surface area contributed by atoms with Crippen LogP contribution in [0, 0.1) is 32.1 Å². The van der Waals surface area contributed by atoms with E-state index in [1.54, 1.807) is 0 Å². The lowest BCUT2D eigenvalue weighted by molar-refractivity contribution is -0.385. The van der Waals surface area contributed by atoms with Crippen molar-refractivity contribution in [3.05, 3.63) is 79.9 Å². The Morgan fingerprint density at radius 2 is 1.41 bits per heavy atom. The molecule has 14 heteroatoms. The SMILES string of the molecule is O=C(CN(C(=O)c1ccc([N+](=O)[O-])cc1)N1C(=O)[C@H]2C[C@@H](Br)[C@@H](Br)C[C@H]2C1=O)c1cccc([N+](=O)[O-])c1. The Kier molecular flexibility index (Phi) is 7.50. The zero-order valence-corrected chi connectivity index (χ0v) is 22.0. The Hall–Kier alpha value is -3.52. The third-order valence-corrected chi connectivity index (χ3v) is 9.09. The molecule has 1 saturated carbocycles. The molecule has 1 heterocycles. The van der Waals surface area contributed by atoms with Crippen molar-refractivity contribution >= 4 is 66.7 Å². The number of Topliss-reactive ketones (excluding diaryl/α,β-unsaturated/α-hetero) is 1. The number of hydrazine groups is 1. The first-order chi connectivity index (χ1) is 17.5. The Balaban J connectivity index is 1.71. The van der Waals surface area contributed by atoms with Crippen LogP contribution in [0.3, 0.4) is 0 Å². The molecule has 0 aromatic heterocycles. The highest BCUT2D eigenvalue weighted by atomic mass is 79.9. The van der Waals surface area contributed by atoms with Gasteiger partial charge in [0, 0.05) is 45.0 Å². The highest BCUT2D eigenvalue weighted by Gasteiger charge is 2.54. The Morgan fingerprint density at radius 1 is 0.865 bits per heavy atom. The van der Waals surface area contributed by atoms with Gasteiger partial charge in [0.05, 0.1) is 21.7 Å². The summed E-state index contributed by atoms with van der Waals surface area (Å²) in [5, 5.41) is 23.5. The fourth-order valence-electron chi connectivity index (χ4n) is 4.44. The van der Waals surface area contributed by atoms with Gasteiger partial charge in [-0.1, -0.05) is 44.0 Å². The smallest absolute Gasteiger partial charge is 0.273 e. The van der Waals surface area contributed by atoms with Crippen LogP contribution in [-0.4, -0.2) is 59.6 Å². The number of carbonyl (C=O) groups is 4. The molecule has 37 heavy (non-hydrogen) atoms. The van der Waals surface area contributed by atoms with Crippen LogP contribution in [0.2, 0.25) is 0 Å². The first-order valence-electron chi connectivity index (χ1n) is 11.0.